The van der Waals surface area contributed by atoms with Crippen molar-refractivity contribution in [3.05, 3.63) is 11.5 Å². The summed E-state index contributed by atoms with van der Waals surface area (Å²) in [4.78, 5) is 0. The molecule has 1 rings (SSSR count). The van der Waals surface area contributed by atoms with Gasteiger partial charge in [-0.1, -0.05) is 27.7 Å². The van der Waals surface area contributed by atoms with Crippen LogP contribution in [0, 0.1) is 0 Å². The highest BCUT2D eigenvalue weighted by Crippen LogP contribution is 2.27. The minimum Gasteiger partial charge on any atom is -0.726 e. The van der Waals surface area contributed by atoms with Gasteiger partial charge in [-0.05, 0) is 5.41 Å². The van der Waals surface area contributed by atoms with Gasteiger partial charge in [-0.15, -0.1) is 0 Å². The molecule has 1 N–H and O–H groups in total. The van der Waals surface area contributed by atoms with Gasteiger partial charge in [0, 0.05) is 5.75 Å². The van der Waals surface area contributed by atoms with Crippen LogP contribution in [0.15, 0.2) is 11.5 Å². The third kappa shape index (κ3) is 15.7. The molecule has 0 aromatic carbocycles. The Balaban J connectivity index is 0. The van der Waals surface area contributed by atoms with E-state index < -0.39 is 10.4 Å². The quantitative estimate of drug-likeness (QED) is 0.359. The van der Waals surface area contributed by atoms with Crippen molar-refractivity contribution in [1.82, 2.24) is 0 Å². The molecule has 1 heterocycles. The van der Waals surface area contributed by atoms with Crippen molar-refractivity contribution in [3.8, 4) is 0 Å². The Bertz CT molecular complexity index is 185. The summed E-state index contributed by atoms with van der Waals surface area (Å²) < 4.78 is 32.8. The Morgan fingerprint density at radius 1 is 1.70 bits per heavy atom. The second kappa shape index (κ2) is 5.03. The maximum absolute atomic E-state index is 8.63. The number of hydrogen-bond donors (Lipinski definition) is 1. The molecule has 0 amide bonds. The largest absolute Gasteiger partial charge is 1.00 e. The van der Waals surface area contributed by atoms with E-state index in [-0.39, 0.29) is 1.43 Å². The SMILES string of the molecule is C1=CSSC1.O=S(=O)([O-])O.[H+]. The normalized spacial score (nSPS) is 16.2. The first-order valence-electron chi connectivity index (χ1n) is 2.12. The van der Waals surface area contributed by atoms with Gasteiger partial charge in [-0.3, -0.25) is 4.55 Å². The van der Waals surface area contributed by atoms with Crippen LogP contribution in [-0.2, 0) is 10.4 Å². The van der Waals surface area contributed by atoms with E-state index in [1.54, 1.807) is 0 Å². The average molecular weight is 202 g/mol. The Morgan fingerprint density at radius 2 is 2.20 bits per heavy atom. The lowest BCUT2D eigenvalue weighted by molar-refractivity contribution is 0.366. The predicted molar refractivity (Wildman–Crippen MR) is 42.6 cm³/mol. The number of rotatable bonds is 0. The van der Waals surface area contributed by atoms with Gasteiger partial charge in [0.25, 0.3) is 0 Å². The second-order valence-electron chi connectivity index (χ2n) is 1.18. The lowest BCUT2D eigenvalue weighted by atomic mass is 10.8. The standard InChI is InChI=1S/C3H4S2.H2O4S/c1-2-4-5-3-1;1-5(2,3)4/h1-2H,3H2;(H2,1,2,3,4). The van der Waals surface area contributed by atoms with Crippen LogP contribution in [0.25, 0.3) is 0 Å². The van der Waals surface area contributed by atoms with Crippen LogP contribution in [0.2, 0.25) is 0 Å². The first kappa shape index (κ1) is 10.3. The Labute approximate surface area is 68.5 Å². The molecule has 1 aliphatic rings. The lowest BCUT2D eigenvalue weighted by Gasteiger charge is -1.88. The molecule has 10 heavy (non-hydrogen) atoms. The molecule has 0 aromatic heterocycles. The van der Waals surface area contributed by atoms with E-state index in [1.165, 1.54) is 5.75 Å². The van der Waals surface area contributed by atoms with Crippen molar-refractivity contribution >= 4 is 32.0 Å². The highest BCUT2D eigenvalue weighted by molar-refractivity contribution is 8.78. The molecule has 4 nitrogen and oxygen atoms in total. The molecule has 0 atom stereocenters. The molecule has 60 valence electrons. The van der Waals surface area contributed by atoms with Crippen molar-refractivity contribution in [1.29, 1.82) is 0 Å². The highest BCUT2D eigenvalue weighted by Gasteiger charge is 1.85. The van der Waals surface area contributed by atoms with Crippen LogP contribution < -0.4 is 0 Å². The van der Waals surface area contributed by atoms with Gasteiger partial charge in [0.1, 0.15) is 0 Å². The predicted octanol–water partition coefficient (Wildman–Crippen LogP) is 1.01. The van der Waals surface area contributed by atoms with Gasteiger partial charge in [-0.25, -0.2) is 8.42 Å². The molecule has 0 saturated carbocycles. The van der Waals surface area contributed by atoms with Gasteiger partial charge in [0.15, 0.2) is 0 Å². The zero-order valence-electron chi connectivity index (χ0n) is 5.76. The molecule has 0 spiro atoms. The summed E-state index contributed by atoms with van der Waals surface area (Å²) in [6.07, 6.45) is 2.16. The number of hydrogen-bond acceptors (Lipinski definition) is 5. The fourth-order valence-electron chi connectivity index (χ4n) is 0.196. The first-order chi connectivity index (χ1) is 4.50. The minimum atomic E-state index is -4.92. The molecule has 0 fully saturated rings. The van der Waals surface area contributed by atoms with Crippen LogP contribution in [0.1, 0.15) is 1.43 Å². The Morgan fingerprint density at radius 3 is 2.30 bits per heavy atom. The van der Waals surface area contributed by atoms with Crippen molar-refractivity contribution in [3.63, 3.8) is 0 Å². The van der Waals surface area contributed by atoms with Crippen molar-refractivity contribution in [2.75, 3.05) is 5.75 Å². The van der Waals surface area contributed by atoms with Crippen LogP contribution >= 0.6 is 21.6 Å². The molecule has 0 aliphatic carbocycles. The molecule has 0 radical (unpaired) electrons. The topological polar surface area (TPSA) is 77.4 Å². The van der Waals surface area contributed by atoms with Gasteiger partial charge < -0.3 is 4.55 Å². The summed E-state index contributed by atoms with van der Waals surface area (Å²) in [6.45, 7) is 0. The fourth-order valence-corrected chi connectivity index (χ4v) is 1.77. The highest BCUT2D eigenvalue weighted by atomic mass is 33.1. The summed E-state index contributed by atoms with van der Waals surface area (Å²) in [7, 11) is -1.23. The molecule has 1 aliphatic heterocycles. The van der Waals surface area contributed by atoms with Gasteiger partial charge in [0.05, 0.1) is 0 Å². The van der Waals surface area contributed by atoms with E-state index in [0.29, 0.717) is 0 Å². The minimum absolute atomic E-state index is 0. The van der Waals surface area contributed by atoms with E-state index in [9.17, 15) is 0 Å². The lowest BCUT2D eigenvalue weighted by Crippen LogP contribution is -1.90. The molecule has 7 heteroatoms. The maximum atomic E-state index is 8.63. The van der Waals surface area contributed by atoms with E-state index >= 15 is 0 Å². The van der Waals surface area contributed by atoms with E-state index in [2.05, 4.69) is 11.5 Å². The molecule has 0 unspecified atom stereocenters. The van der Waals surface area contributed by atoms with Crippen LogP contribution in [0.3, 0.4) is 0 Å². The molecule has 0 bridgehead atoms. The van der Waals surface area contributed by atoms with Crippen molar-refractivity contribution in [2.24, 2.45) is 0 Å². The third-order valence-corrected chi connectivity index (χ3v) is 2.30. The molecular weight excluding hydrogens is 196 g/mol. The zero-order chi connectivity index (χ0) is 8.04. The van der Waals surface area contributed by atoms with Gasteiger partial charge >= 0.3 is 1.43 Å². The third-order valence-electron chi connectivity index (χ3n) is 0.384. The van der Waals surface area contributed by atoms with Crippen molar-refractivity contribution in [2.45, 2.75) is 0 Å². The Kier molecular flexibility index (Phi) is 5.18. The second-order valence-corrected chi connectivity index (χ2v) is 4.35. The van der Waals surface area contributed by atoms with Crippen LogP contribution in [-0.4, -0.2) is 23.3 Å². The summed E-state index contributed by atoms with van der Waals surface area (Å²) in [5, 5.41) is 2.12. The monoisotopic (exact) mass is 202 g/mol. The maximum Gasteiger partial charge on any atom is 1.00 e. The zero-order valence-corrected chi connectivity index (χ0v) is 7.21. The van der Waals surface area contributed by atoms with E-state index in [4.69, 9.17) is 17.5 Å². The summed E-state index contributed by atoms with van der Waals surface area (Å²) in [5.41, 5.74) is 0. The Hall–Kier alpha value is 0.310. The van der Waals surface area contributed by atoms with Crippen LogP contribution in [0.4, 0.5) is 0 Å². The molecular formula is C3H6O4S3. The summed E-state index contributed by atoms with van der Waals surface area (Å²) >= 11 is 0. The summed E-state index contributed by atoms with van der Waals surface area (Å²) in [6, 6.07) is 0. The van der Waals surface area contributed by atoms with E-state index in [0.717, 1.165) is 0 Å². The van der Waals surface area contributed by atoms with E-state index in [1.807, 2.05) is 21.6 Å². The van der Waals surface area contributed by atoms with Gasteiger partial charge in [0.2, 0.25) is 10.4 Å². The first-order valence-corrected chi connectivity index (χ1v) is 5.86. The summed E-state index contributed by atoms with van der Waals surface area (Å²) in [5.74, 6) is 1.20. The molecule has 0 aromatic rings. The van der Waals surface area contributed by atoms with Crippen LogP contribution in [0.5, 0.6) is 0 Å². The average Bonchev–Trinajstić information content (AvgIpc) is 2.07. The van der Waals surface area contributed by atoms with Crippen molar-refractivity contribution < 1.29 is 18.9 Å². The molecule has 0 saturated heterocycles. The smallest absolute Gasteiger partial charge is 0.726 e. The van der Waals surface area contributed by atoms with Gasteiger partial charge in [-0.2, -0.15) is 0 Å². The fraction of sp³-hybridized carbons (Fsp3) is 0.333.